The van der Waals surface area contributed by atoms with Gasteiger partial charge in [0.1, 0.15) is 11.6 Å². The maximum absolute atomic E-state index is 12.4. The average Bonchev–Trinajstić information content (AvgIpc) is 3.20. The SMILES string of the molecule is COc1ccccc1-c1ccc(C(=O)NCCCn2ccnc2C(C)C)cn1. The minimum atomic E-state index is -0.117. The van der Waals surface area contributed by atoms with Crippen LogP contribution in [0.5, 0.6) is 5.75 Å². The van der Waals surface area contributed by atoms with Crippen molar-refractivity contribution in [2.75, 3.05) is 13.7 Å². The third-order valence-corrected chi connectivity index (χ3v) is 4.53. The largest absolute Gasteiger partial charge is 0.496 e. The Balaban J connectivity index is 1.54. The first-order chi connectivity index (χ1) is 13.6. The van der Waals surface area contributed by atoms with Crippen LogP contribution in [-0.4, -0.2) is 34.1 Å². The predicted octanol–water partition coefficient (Wildman–Crippen LogP) is 3.90. The lowest BCUT2D eigenvalue weighted by atomic mass is 10.1. The maximum atomic E-state index is 12.4. The second-order valence-electron chi connectivity index (χ2n) is 6.88. The predicted molar refractivity (Wildman–Crippen MR) is 109 cm³/mol. The zero-order valence-corrected chi connectivity index (χ0v) is 16.6. The molecule has 2 aromatic heterocycles. The Bertz CT molecular complexity index is 916. The Hall–Kier alpha value is -3.15. The fraction of sp³-hybridized carbons (Fsp3) is 0.318. The normalized spacial score (nSPS) is 10.9. The molecule has 0 radical (unpaired) electrons. The van der Waals surface area contributed by atoms with E-state index >= 15 is 0 Å². The van der Waals surface area contributed by atoms with E-state index in [4.69, 9.17) is 4.74 Å². The lowest BCUT2D eigenvalue weighted by Crippen LogP contribution is -2.25. The lowest BCUT2D eigenvalue weighted by Gasteiger charge is -2.11. The Labute approximate surface area is 165 Å². The van der Waals surface area contributed by atoms with Crippen molar-refractivity contribution in [1.29, 1.82) is 0 Å². The molecule has 0 bridgehead atoms. The molecule has 1 N–H and O–H groups in total. The van der Waals surface area contributed by atoms with Crippen molar-refractivity contribution in [2.24, 2.45) is 0 Å². The smallest absolute Gasteiger partial charge is 0.252 e. The van der Waals surface area contributed by atoms with Gasteiger partial charge in [-0.15, -0.1) is 0 Å². The minimum absolute atomic E-state index is 0.117. The summed E-state index contributed by atoms with van der Waals surface area (Å²) in [6, 6.07) is 11.3. The minimum Gasteiger partial charge on any atom is -0.496 e. The van der Waals surface area contributed by atoms with Gasteiger partial charge in [0.05, 0.1) is 18.4 Å². The molecule has 0 saturated carbocycles. The van der Waals surface area contributed by atoms with Gasteiger partial charge in [0.2, 0.25) is 0 Å². The summed E-state index contributed by atoms with van der Waals surface area (Å²) in [6.07, 6.45) is 6.25. The summed E-state index contributed by atoms with van der Waals surface area (Å²) in [7, 11) is 1.63. The molecule has 6 heteroatoms. The zero-order chi connectivity index (χ0) is 19.9. The Kier molecular flexibility index (Phi) is 6.42. The van der Waals surface area contributed by atoms with Gasteiger partial charge in [0, 0.05) is 43.2 Å². The number of hydrogen-bond acceptors (Lipinski definition) is 4. The molecule has 146 valence electrons. The number of carbonyl (C=O) groups excluding carboxylic acids is 1. The van der Waals surface area contributed by atoms with Crippen LogP contribution in [0.3, 0.4) is 0 Å². The van der Waals surface area contributed by atoms with Crippen LogP contribution in [0.4, 0.5) is 0 Å². The molecule has 0 aliphatic carbocycles. The number of carbonyl (C=O) groups is 1. The number of imidazole rings is 1. The number of ether oxygens (including phenoxy) is 1. The van der Waals surface area contributed by atoms with E-state index in [1.807, 2.05) is 42.7 Å². The highest BCUT2D eigenvalue weighted by molar-refractivity contribution is 5.94. The molecule has 0 atom stereocenters. The first-order valence-corrected chi connectivity index (χ1v) is 9.49. The molecule has 0 fully saturated rings. The number of para-hydroxylation sites is 1. The number of aromatic nitrogens is 3. The fourth-order valence-electron chi connectivity index (χ4n) is 3.11. The van der Waals surface area contributed by atoms with Crippen molar-refractivity contribution in [3.63, 3.8) is 0 Å². The molecule has 0 unspecified atom stereocenters. The van der Waals surface area contributed by atoms with Gasteiger partial charge in [-0.1, -0.05) is 26.0 Å². The molecular formula is C22H26N4O2. The van der Waals surface area contributed by atoms with Gasteiger partial charge in [-0.3, -0.25) is 9.78 Å². The van der Waals surface area contributed by atoms with Crippen LogP contribution in [0.15, 0.2) is 55.0 Å². The number of hydrogen-bond donors (Lipinski definition) is 1. The van der Waals surface area contributed by atoms with Crippen LogP contribution < -0.4 is 10.1 Å². The monoisotopic (exact) mass is 378 g/mol. The van der Waals surface area contributed by atoms with Gasteiger partial charge in [-0.2, -0.15) is 0 Å². The first-order valence-electron chi connectivity index (χ1n) is 9.49. The van der Waals surface area contributed by atoms with E-state index in [0.717, 1.165) is 35.8 Å². The number of rotatable bonds is 8. The van der Waals surface area contributed by atoms with E-state index in [9.17, 15) is 4.79 Å². The number of methoxy groups -OCH3 is 1. The van der Waals surface area contributed by atoms with E-state index in [1.54, 1.807) is 19.4 Å². The molecule has 0 spiro atoms. The van der Waals surface area contributed by atoms with Gasteiger partial charge in [0.25, 0.3) is 5.91 Å². The summed E-state index contributed by atoms with van der Waals surface area (Å²) in [6.45, 7) is 5.69. The van der Waals surface area contributed by atoms with E-state index in [0.29, 0.717) is 18.0 Å². The summed E-state index contributed by atoms with van der Waals surface area (Å²) in [4.78, 5) is 21.2. The highest BCUT2D eigenvalue weighted by Crippen LogP contribution is 2.27. The van der Waals surface area contributed by atoms with Crippen LogP contribution >= 0.6 is 0 Å². The summed E-state index contributed by atoms with van der Waals surface area (Å²) in [5.74, 6) is 2.10. The number of pyridine rings is 1. The fourth-order valence-corrected chi connectivity index (χ4v) is 3.11. The average molecular weight is 378 g/mol. The number of aryl methyl sites for hydroxylation is 1. The molecule has 0 saturated heterocycles. The number of benzene rings is 1. The molecule has 3 rings (SSSR count). The highest BCUT2D eigenvalue weighted by atomic mass is 16.5. The van der Waals surface area contributed by atoms with Crippen LogP contribution in [0.25, 0.3) is 11.3 Å². The van der Waals surface area contributed by atoms with E-state index < -0.39 is 0 Å². The van der Waals surface area contributed by atoms with Gasteiger partial charge < -0.3 is 14.6 Å². The van der Waals surface area contributed by atoms with Crippen molar-refractivity contribution < 1.29 is 9.53 Å². The Morgan fingerprint density at radius 1 is 1.18 bits per heavy atom. The van der Waals surface area contributed by atoms with E-state index in [1.165, 1.54) is 0 Å². The molecule has 6 nitrogen and oxygen atoms in total. The van der Waals surface area contributed by atoms with Gasteiger partial charge in [0.15, 0.2) is 0 Å². The van der Waals surface area contributed by atoms with Crippen molar-refractivity contribution in [3.05, 3.63) is 66.4 Å². The quantitative estimate of drug-likeness (QED) is 0.604. The number of nitrogens with zero attached hydrogens (tertiary/aromatic N) is 3. The second kappa shape index (κ2) is 9.17. The summed E-state index contributed by atoms with van der Waals surface area (Å²) in [5.41, 5.74) is 2.22. The summed E-state index contributed by atoms with van der Waals surface area (Å²) >= 11 is 0. The lowest BCUT2D eigenvalue weighted by molar-refractivity contribution is 0.0952. The van der Waals surface area contributed by atoms with E-state index in [-0.39, 0.29) is 5.91 Å². The van der Waals surface area contributed by atoms with Crippen molar-refractivity contribution >= 4 is 5.91 Å². The molecule has 28 heavy (non-hydrogen) atoms. The molecule has 0 aliphatic rings. The number of amides is 1. The van der Waals surface area contributed by atoms with Crippen LogP contribution in [0.1, 0.15) is 42.4 Å². The molecule has 1 aromatic carbocycles. The standard InChI is InChI=1S/C22H26N4O2/c1-16(2)21-23-12-14-26(21)13-6-11-24-22(27)17-9-10-19(25-15-17)18-7-4-5-8-20(18)28-3/h4-5,7-10,12,14-16H,6,11,13H2,1-3H3,(H,24,27). The van der Waals surface area contributed by atoms with Crippen LogP contribution in [0, 0.1) is 0 Å². The molecule has 2 heterocycles. The Morgan fingerprint density at radius 2 is 2.00 bits per heavy atom. The van der Waals surface area contributed by atoms with Crippen molar-refractivity contribution in [2.45, 2.75) is 32.7 Å². The highest BCUT2D eigenvalue weighted by Gasteiger charge is 2.10. The number of nitrogens with one attached hydrogen (secondary N) is 1. The van der Waals surface area contributed by atoms with Crippen LogP contribution in [-0.2, 0) is 6.54 Å². The van der Waals surface area contributed by atoms with Crippen LogP contribution in [0.2, 0.25) is 0 Å². The molecule has 1 amide bonds. The summed E-state index contributed by atoms with van der Waals surface area (Å²) in [5, 5.41) is 2.95. The van der Waals surface area contributed by atoms with Gasteiger partial charge in [-0.05, 0) is 30.7 Å². The summed E-state index contributed by atoms with van der Waals surface area (Å²) < 4.78 is 7.51. The molecule has 0 aliphatic heterocycles. The zero-order valence-electron chi connectivity index (χ0n) is 16.6. The van der Waals surface area contributed by atoms with Crippen molar-refractivity contribution in [1.82, 2.24) is 19.9 Å². The molecular weight excluding hydrogens is 352 g/mol. The van der Waals surface area contributed by atoms with Gasteiger partial charge >= 0.3 is 0 Å². The Morgan fingerprint density at radius 3 is 2.71 bits per heavy atom. The third-order valence-electron chi connectivity index (χ3n) is 4.53. The van der Waals surface area contributed by atoms with Gasteiger partial charge in [-0.25, -0.2) is 4.98 Å². The third kappa shape index (κ3) is 4.57. The topological polar surface area (TPSA) is 69.0 Å². The second-order valence-corrected chi connectivity index (χ2v) is 6.88. The van der Waals surface area contributed by atoms with Crippen molar-refractivity contribution in [3.8, 4) is 17.0 Å². The maximum Gasteiger partial charge on any atom is 0.252 e. The van der Waals surface area contributed by atoms with E-state index in [2.05, 4.69) is 33.7 Å². The molecule has 3 aromatic rings. The first kappa shape index (κ1) is 19.6.